The Bertz CT molecular complexity index is 218. The van der Waals surface area contributed by atoms with Crippen molar-refractivity contribution in [2.75, 3.05) is 0 Å². The van der Waals surface area contributed by atoms with Crippen LogP contribution in [0.2, 0.25) is 0 Å². The lowest BCUT2D eigenvalue weighted by atomic mass is 10.1. The van der Waals surface area contributed by atoms with Gasteiger partial charge >= 0.3 is 11.9 Å². The predicted octanol–water partition coefficient (Wildman–Crippen LogP) is 1.63. The molecule has 1 aliphatic carbocycles. The number of carbonyl (C=O) groups excluding carboxylic acids is 2. The Morgan fingerprint density at radius 3 is 2.29 bits per heavy atom. The molecule has 1 aliphatic rings. The van der Waals surface area contributed by atoms with Crippen molar-refractivity contribution in [1.82, 2.24) is 0 Å². The van der Waals surface area contributed by atoms with Crippen molar-refractivity contribution in [3.63, 3.8) is 0 Å². The van der Waals surface area contributed by atoms with Crippen LogP contribution in [0.5, 0.6) is 0 Å². The summed E-state index contributed by atoms with van der Waals surface area (Å²) in [7, 11) is 0. The van der Waals surface area contributed by atoms with Crippen LogP contribution >= 0.6 is 0 Å². The number of esters is 2. The van der Waals surface area contributed by atoms with Gasteiger partial charge in [-0.05, 0) is 12.8 Å². The van der Waals surface area contributed by atoms with Gasteiger partial charge in [0.2, 0.25) is 6.29 Å². The van der Waals surface area contributed by atoms with Crippen LogP contribution in [0.4, 0.5) is 0 Å². The standard InChI is InChI=1S/C10H16O4/c1-7(11)13-8(2)14-10(12)9-5-3-4-6-9/h8-9H,3-6H2,1-2H3/t8-/m0/s1. The van der Waals surface area contributed by atoms with E-state index in [9.17, 15) is 9.59 Å². The Morgan fingerprint density at radius 1 is 1.21 bits per heavy atom. The van der Waals surface area contributed by atoms with Gasteiger partial charge in [-0.25, -0.2) is 0 Å². The number of rotatable bonds is 3. The lowest BCUT2D eigenvalue weighted by Gasteiger charge is -2.15. The van der Waals surface area contributed by atoms with Crippen molar-refractivity contribution in [2.45, 2.75) is 45.8 Å². The molecule has 0 N–H and O–H groups in total. The Kier molecular flexibility index (Phi) is 3.92. The zero-order valence-electron chi connectivity index (χ0n) is 8.62. The fraction of sp³-hybridized carbons (Fsp3) is 0.800. The van der Waals surface area contributed by atoms with E-state index < -0.39 is 12.3 Å². The minimum Gasteiger partial charge on any atom is -0.426 e. The van der Waals surface area contributed by atoms with E-state index in [2.05, 4.69) is 0 Å². The Morgan fingerprint density at radius 2 is 1.79 bits per heavy atom. The summed E-state index contributed by atoms with van der Waals surface area (Å²) >= 11 is 0. The van der Waals surface area contributed by atoms with Crippen LogP contribution in [-0.4, -0.2) is 18.2 Å². The first-order chi connectivity index (χ1) is 6.59. The summed E-state index contributed by atoms with van der Waals surface area (Å²) in [6.45, 7) is 2.84. The SMILES string of the molecule is CC(=O)O[C@H](C)OC(=O)C1CCCC1. The van der Waals surface area contributed by atoms with Gasteiger partial charge in [-0.3, -0.25) is 9.59 Å². The zero-order chi connectivity index (χ0) is 10.6. The topological polar surface area (TPSA) is 52.6 Å². The van der Waals surface area contributed by atoms with Gasteiger partial charge in [0.1, 0.15) is 0 Å². The molecule has 1 atom stereocenters. The molecular formula is C10H16O4. The van der Waals surface area contributed by atoms with Gasteiger partial charge in [-0.1, -0.05) is 12.8 Å². The predicted molar refractivity (Wildman–Crippen MR) is 49.3 cm³/mol. The van der Waals surface area contributed by atoms with Crippen LogP contribution in [0.25, 0.3) is 0 Å². The monoisotopic (exact) mass is 200 g/mol. The first-order valence-electron chi connectivity index (χ1n) is 4.97. The third-order valence-corrected chi connectivity index (χ3v) is 2.30. The summed E-state index contributed by atoms with van der Waals surface area (Å²) in [6, 6.07) is 0. The van der Waals surface area contributed by atoms with Crippen LogP contribution in [-0.2, 0) is 19.1 Å². The fourth-order valence-electron chi connectivity index (χ4n) is 1.68. The maximum Gasteiger partial charge on any atom is 0.311 e. The molecule has 0 aromatic carbocycles. The molecular weight excluding hydrogens is 184 g/mol. The van der Waals surface area contributed by atoms with Gasteiger partial charge in [0.25, 0.3) is 0 Å². The number of carbonyl (C=O) groups is 2. The molecule has 1 fully saturated rings. The number of ether oxygens (including phenoxy) is 2. The first kappa shape index (κ1) is 11.0. The molecule has 0 spiro atoms. The average Bonchev–Trinajstić information content (AvgIpc) is 2.53. The van der Waals surface area contributed by atoms with Crippen LogP contribution < -0.4 is 0 Å². The molecule has 0 aliphatic heterocycles. The average molecular weight is 200 g/mol. The van der Waals surface area contributed by atoms with E-state index in [-0.39, 0.29) is 11.9 Å². The first-order valence-corrected chi connectivity index (χ1v) is 4.97. The van der Waals surface area contributed by atoms with Crippen LogP contribution in [0, 0.1) is 5.92 Å². The molecule has 4 heteroatoms. The van der Waals surface area contributed by atoms with E-state index in [0.29, 0.717) is 0 Å². The van der Waals surface area contributed by atoms with Gasteiger partial charge in [-0.15, -0.1) is 0 Å². The normalized spacial score (nSPS) is 19.0. The van der Waals surface area contributed by atoms with Gasteiger partial charge in [0.05, 0.1) is 5.92 Å². The summed E-state index contributed by atoms with van der Waals surface area (Å²) in [5, 5.41) is 0. The molecule has 0 aromatic rings. The third kappa shape index (κ3) is 3.36. The lowest BCUT2D eigenvalue weighted by molar-refractivity contribution is -0.185. The molecule has 0 bridgehead atoms. The van der Waals surface area contributed by atoms with Crippen molar-refractivity contribution < 1.29 is 19.1 Å². The Labute approximate surface area is 83.6 Å². The third-order valence-electron chi connectivity index (χ3n) is 2.30. The van der Waals surface area contributed by atoms with E-state index in [1.165, 1.54) is 6.92 Å². The van der Waals surface area contributed by atoms with Crippen LogP contribution in [0.3, 0.4) is 0 Å². The summed E-state index contributed by atoms with van der Waals surface area (Å²) in [6.07, 6.45) is 3.20. The van der Waals surface area contributed by atoms with E-state index in [0.717, 1.165) is 25.7 Å². The summed E-state index contributed by atoms with van der Waals surface area (Å²) in [5.41, 5.74) is 0. The molecule has 1 saturated carbocycles. The summed E-state index contributed by atoms with van der Waals surface area (Å²) in [5.74, 6) is -0.666. The Balaban J connectivity index is 2.28. The number of hydrogen-bond acceptors (Lipinski definition) is 4. The van der Waals surface area contributed by atoms with Crippen molar-refractivity contribution in [2.24, 2.45) is 5.92 Å². The van der Waals surface area contributed by atoms with Crippen molar-refractivity contribution in [1.29, 1.82) is 0 Å². The van der Waals surface area contributed by atoms with Crippen LogP contribution in [0.15, 0.2) is 0 Å². The minimum atomic E-state index is -0.763. The largest absolute Gasteiger partial charge is 0.426 e. The van der Waals surface area contributed by atoms with E-state index in [1.54, 1.807) is 6.92 Å². The molecule has 0 unspecified atom stereocenters. The smallest absolute Gasteiger partial charge is 0.311 e. The summed E-state index contributed by atoms with van der Waals surface area (Å²) in [4.78, 5) is 22.0. The second-order valence-electron chi connectivity index (χ2n) is 3.60. The molecule has 0 radical (unpaired) electrons. The molecule has 80 valence electrons. The molecule has 0 saturated heterocycles. The maximum absolute atomic E-state index is 11.4. The van der Waals surface area contributed by atoms with Crippen molar-refractivity contribution >= 4 is 11.9 Å². The lowest BCUT2D eigenvalue weighted by Crippen LogP contribution is -2.24. The fourth-order valence-corrected chi connectivity index (χ4v) is 1.68. The highest BCUT2D eigenvalue weighted by atomic mass is 16.7. The second-order valence-corrected chi connectivity index (χ2v) is 3.60. The molecule has 0 heterocycles. The second kappa shape index (κ2) is 4.98. The molecule has 0 aromatic heterocycles. The molecule has 4 nitrogen and oxygen atoms in total. The van der Waals surface area contributed by atoms with Crippen molar-refractivity contribution in [3.05, 3.63) is 0 Å². The highest BCUT2D eigenvalue weighted by Crippen LogP contribution is 2.26. The van der Waals surface area contributed by atoms with E-state index in [1.807, 2.05) is 0 Å². The van der Waals surface area contributed by atoms with E-state index in [4.69, 9.17) is 9.47 Å². The Hall–Kier alpha value is -1.06. The highest BCUT2D eigenvalue weighted by Gasteiger charge is 2.25. The number of hydrogen-bond donors (Lipinski definition) is 0. The van der Waals surface area contributed by atoms with Gasteiger partial charge < -0.3 is 9.47 Å². The molecule has 1 rings (SSSR count). The maximum atomic E-state index is 11.4. The van der Waals surface area contributed by atoms with Crippen molar-refractivity contribution in [3.8, 4) is 0 Å². The highest BCUT2D eigenvalue weighted by molar-refractivity contribution is 5.73. The van der Waals surface area contributed by atoms with E-state index >= 15 is 0 Å². The van der Waals surface area contributed by atoms with Gasteiger partial charge in [0.15, 0.2) is 0 Å². The van der Waals surface area contributed by atoms with Gasteiger partial charge in [0, 0.05) is 13.8 Å². The van der Waals surface area contributed by atoms with Gasteiger partial charge in [-0.2, -0.15) is 0 Å². The summed E-state index contributed by atoms with van der Waals surface area (Å²) < 4.78 is 9.66. The molecule has 0 amide bonds. The minimum absolute atomic E-state index is 0.00741. The quantitative estimate of drug-likeness (QED) is 0.513. The zero-order valence-corrected chi connectivity index (χ0v) is 8.62. The molecule has 14 heavy (non-hydrogen) atoms. The van der Waals surface area contributed by atoms with Crippen LogP contribution in [0.1, 0.15) is 39.5 Å².